The molecule has 22 heavy (non-hydrogen) atoms. The third-order valence-corrected chi connectivity index (χ3v) is 4.21. The van der Waals surface area contributed by atoms with E-state index in [1.165, 1.54) is 22.3 Å². The number of rotatable bonds is 4. The molecule has 0 N–H and O–H groups in total. The van der Waals surface area contributed by atoms with E-state index in [0.717, 1.165) is 5.56 Å². The summed E-state index contributed by atoms with van der Waals surface area (Å²) in [5, 5.41) is 10.3. The van der Waals surface area contributed by atoms with Gasteiger partial charge in [0.05, 0.1) is 19.1 Å². The predicted octanol–water partition coefficient (Wildman–Crippen LogP) is 5.12. The summed E-state index contributed by atoms with van der Waals surface area (Å²) in [4.78, 5) is 0. The minimum atomic E-state index is -0.284. The van der Waals surface area contributed by atoms with Crippen molar-refractivity contribution in [2.45, 2.75) is 33.1 Å². The van der Waals surface area contributed by atoms with Gasteiger partial charge in [0.2, 0.25) is 0 Å². The molecule has 0 saturated heterocycles. The van der Waals surface area contributed by atoms with Gasteiger partial charge in [-0.1, -0.05) is 29.3 Å². The van der Waals surface area contributed by atoms with E-state index in [1.54, 1.807) is 13.2 Å². The first kappa shape index (κ1) is 16.4. The van der Waals surface area contributed by atoms with Crippen LogP contribution in [-0.2, 0) is 6.42 Å². The largest absolute Gasteiger partial charge is 0.496 e. The van der Waals surface area contributed by atoms with E-state index in [9.17, 15) is 5.26 Å². The molecule has 2 rings (SSSR count). The molecule has 114 valence electrons. The number of nitrogens with zero attached hydrogens (tertiary/aromatic N) is 1. The number of methoxy groups -OCH3 is 1. The molecule has 1 unspecified atom stereocenters. The Hall–Kier alpha value is -1.98. The summed E-state index contributed by atoms with van der Waals surface area (Å²) >= 11 is 6.10. The molecule has 0 heterocycles. The van der Waals surface area contributed by atoms with Crippen LogP contribution in [0.4, 0.5) is 0 Å². The van der Waals surface area contributed by atoms with Gasteiger partial charge in [-0.3, -0.25) is 0 Å². The lowest BCUT2D eigenvalue weighted by Crippen LogP contribution is -2.06. The molecule has 0 aliphatic heterocycles. The van der Waals surface area contributed by atoms with Crippen molar-refractivity contribution >= 4 is 11.6 Å². The van der Waals surface area contributed by atoms with Crippen molar-refractivity contribution in [2.75, 3.05) is 7.11 Å². The fourth-order valence-corrected chi connectivity index (χ4v) is 3.12. The van der Waals surface area contributed by atoms with Gasteiger partial charge in [0, 0.05) is 10.6 Å². The summed E-state index contributed by atoms with van der Waals surface area (Å²) in [7, 11) is 1.61. The Morgan fingerprint density at radius 3 is 2.32 bits per heavy atom. The fraction of sp³-hybridized carbons (Fsp3) is 0.316. The quantitative estimate of drug-likeness (QED) is 0.784. The van der Waals surface area contributed by atoms with Crippen LogP contribution in [-0.4, -0.2) is 7.11 Å². The summed E-state index contributed by atoms with van der Waals surface area (Å²) in [6, 6.07) is 12.1. The molecule has 0 aliphatic carbocycles. The normalized spacial score (nSPS) is 11.8. The number of benzene rings is 2. The van der Waals surface area contributed by atoms with Gasteiger partial charge in [-0.2, -0.15) is 5.26 Å². The fourth-order valence-electron chi connectivity index (χ4n) is 2.94. The molecule has 0 spiro atoms. The molecule has 0 radical (unpaired) electrons. The van der Waals surface area contributed by atoms with E-state index in [-0.39, 0.29) is 5.92 Å². The molecule has 0 amide bonds. The van der Waals surface area contributed by atoms with Crippen molar-refractivity contribution in [2.24, 2.45) is 0 Å². The molecule has 2 aromatic rings. The van der Waals surface area contributed by atoms with Crippen LogP contribution in [0, 0.1) is 32.1 Å². The number of ether oxygens (including phenoxy) is 1. The second kappa shape index (κ2) is 6.85. The van der Waals surface area contributed by atoms with Crippen LogP contribution in [0.3, 0.4) is 0 Å². The smallest absolute Gasteiger partial charge is 0.123 e. The summed E-state index contributed by atoms with van der Waals surface area (Å²) in [6.45, 7) is 6.28. The van der Waals surface area contributed by atoms with Crippen LogP contribution in [0.5, 0.6) is 5.75 Å². The van der Waals surface area contributed by atoms with E-state index in [0.29, 0.717) is 17.2 Å². The molecule has 0 aromatic heterocycles. The van der Waals surface area contributed by atoms with Crippen LogP contribution >= 0.6 is 11.6 Å². The lowest BCUT2D eigenvalue weighted by atomic mass is 9.88. The molecular weight excluding hydrogens is 294 g/mol. The molecule has 1 atom stereocenters. The van der Waals surface area contributed by atoms with Crippen LogP contribution in [0.15, 0.2) is 30.3 Å². The van der Waals surface area contributed by atoms with Crippen molar-refractivity contribution in [1.29, 1.82) is 5.26 Å². The average molecular weight is 314 g/mol. The Morgan fingerprint density at radius 2 is 1.77 bits per heavy atom. The maximum absolute atomic E-state index is 9.64. The molecule has 2 aromatic carbocycles. The van der Waals surface area contributed by atoms with E-state index in [4.69, 9.17) is 16.3 Å². The highest BCUT2D eigenvalue weighted by molar-refractivity contribution is 6.30. The first-order chi connectivity index (χ1) is 10.5. The third kappa shape index (κ3) is 3.43. The lowest BCUT2D eigenvalue weighted by Gasteiger charge is -2.17. The number of hydrogen-bond acceptors (Lipinski definition) is 2. The van der Waals surface area contributed by atoms with Gasteiger partial charge >= 0.3 is 0 Å². The highest BCUT2D eigenvalue weighted by atomic mass is 35.5. The standard InChI is InChI=1S/C19H20ClNO/c1-12-7-13(2)17(14(3)8-12)9-15(11-21)18-10-16(20)5-6-19(18)22-4/h5-8,10,15H,9H2,1-4H3. The topological polar surface area (TPSA) is 33.0 Å². The Morgan fingerprint density at radius 1 is 1.14 bits per heavy atom. The number of halogens is 1. The molecule has 0 aliphatic rings. The van der Waals surface area contributed by atoms with Crippen LogP contribution in [0.2, 0.25) is 5.02 Å². The zero-order valence-electron chi connectivity index (χ0n) is 13.4. The Bertz CT molecular complexity index is 708. The van der Waals surface area contributed by atoms with Gasteiger partial charge in [-0.05, 0) is 62.1 Å². The molecule has 0 fully saturated rings. The van der Waals surface area contributed by atoms with E-state index in [2.05, 4.69) is 39.0 Å². The summed E-state index contributed by atoms with van der Waals surface area (Å²) < 4.78 is 5.39. The molecule has 0 saturated carbocycles. The molecule has 2 nitrogen and oxygen atoms in total. The van der Waals surface area contributed by atoms with Crippen LogP contribution < -0.4 is 4.74 Å². The van der Waals surface area contributed by atoms with Crippen LogP contribution in [0.1, 0.15) is 33.7 Å². The van der Waals surface area contributed by atoms with Crippen molar-refractivity contribution < 1.29 is 4.74 Å². The highest BCUT2D eigenvalue weighted by Gasteiger charge is 2.19. The second-order valence-corrected chi connectivity index (χ2v) is 6.09. The molecular formula is C19H20ClNO. The monoisotopic (exact) mass is 313 g/mol. The third-order valence-electron chi connectivity index (χ3n) is 3.97. The minimum Gasteiger partial charge on any atom is -0.496 e. The van der Waals surface area contributed by atoms with Gasteiger partial charge in [-0.15, -0.1) is 0 Å². The molecule has 3 heteroatoms. The first-order valence-corrected chi connectivity index (χ1v) is 7.63. The maximum atomic E-state index is 9.64. The van der Waals surface area contributed by atoms with E-state index in [1.807, 2.05) is 12.1 Å². The Balaban J connectivity index is 2.43. The summed E-state index contributed by atoms with van der Waals surface area (Å²) in [6.07, 6.45) is 0.658. The lowest BCUT2D eigenvalue weighted by molar-refractivity contribution is 0.408. The van der Waals surface area contributed by atoms with E-state index < -0.39 is 0 Å². The SMILES string of the molecule is COc1ccc(Cl)cc1C(C#N)Cc1c(C)cc(C)cc1C. The van der Waals surface area contributed by atoms with Crippen LogP contribution in [0.25, 0.3) is 0 Å². The second-order valence-electron chi connectivity index (χ2n) is 5.65. The maximum Gasteiger partial charge on any atom is 0.123 e. The van der Waals surface area contributed by atoms with Gasteiger partial charge in [0.1, 0.15) is 5.75 Å². The van der Waals surface area contributed by atoms with Crippen molar-refractivity contribution in [3.63, 3.8) is 0 Å². The van der Waals surface area contributed by atoms with Gasteiger partial charge in [0.15, 0.2) is 0 Å². The van der Waals surface area contributed by atoms with Crippen molar-refractivity contribution in [3.05, 3.63) is 63.2 Å². The summed E-state index contributed by atoms with van der Waals surface area (Å²) in [5.74, 6) is 0.423. The Kier molecular flexibility index (Phi) is 5.11. The zero-order chi connectivity index (χ0) is 16.3. The van der Waals surface area contributed by atoms with Crippen molar-refractivity contribution in [1.82, 2.24) is 0 Å². The first-order valence-electron chi connectivity index (χ1n) is 7.26. The van der Waals surface area contributed by atoms with Gasteiger partial charge < -0.3 is 4.74 Å². The summed E-state index contributed by atoms with van der Waals surface area (Å²) in [5.41, 5.74) is 5.75. The number of hydrogen-bond donors (Lipinski definition) is 0. The Labute approximate surface area is 137 Å². The van der Waals surface area contributed by atoms with Gasteiger partial charge in [-0.25, -0.2) is 0 Å². The number of nitriles is 1. The van der Waals surface area contributed by atoms with Crippen molar-refractivity contribution in [3.8, 4) is 11.8 Å². The molecule has 0 bridgehead atoms. The highest BCUT2D eigenvalue weighted by Crippen LogP contribution is 2.33. The van der Waals surface area contributed by atoms with E-state index >= 15 is 0 Å². The minimum absolute atomic E-state index is 0.284. The number of aryl methyl sites for hydroxylation is 3. The predicted molar refractivity (Wildman–Crippen MR) is 90.7 cm³/mol. The average Bonchev–Trinajstić information content (AvgIpc) is 2.46. The zero-order valence-corrected chi connectivity index (χ0v) is 14.2. The van der Waals surface area contributed by atoms with Gasteiger partial charge in [0.25, 0.3) is 0 Å².